The number of hydrogen-bond donors (Lipinski definition) is 0. The summed E-state index contributed by atoms with van der Waals surface area (Å²) >= 11 is 0. The van der Waals surface area contributed by atoms with E-state index in [0.29, 0.717) is 26.1 Å². The van der Waals surface area contributed by atoms with E-state index in [1.165, 1.54) is 0 Å². The largest absolute Gasteiger partial charge is 0.381 e. The molecule has 2 heterocycles. The molecule has 0 bridgehead atoms. The topological polar surface area (TPSA) is 56.6 Å². The number of likely N-dealkylation sites (tertiary alicyclic amines) is 1. The third kappa shape index (κ3) is 2.90. The predicted molar refractivity (Wildman–Crippen MR) is 71.4 cm³/mol. The maximum atomic E-state index is 12.7. The smallest absolute Gasteiger partial charge is 0.243 e. The highest BCUT2D eigenvalue weighted by atomic mass is 16.5. The van der Waals surface area contributed by atoms with Crippen molar-refractivity contribution in [2.24, 2.45) is 5.41 Å². The third-order valence-electron chi connectivity index (χ3n) is 4.44. The number of rotatable bonds is 2. The van der Waals surface area contributed by atoms with Crippen LogP contribution in [0.4, 0.5) is 0 Å². The summed E-state index contributed by atoms with van der Waals surface area (Å²) in [5, 5.41) is 9.45. The first-order chi connectivity index (χ1) is 9.09. The van der Waals surface area contributed by atoms with Crippen LogP contribution >= 0.6 is 0 Å². The van der Waals surface area contributed by atoms with Gasteiger partial charge >= 0.3 is 0 Å². The van der Waals surface area contributed by atoms with Crippen LogP contribution in [0.2, 0.25) is 0 Å². The number of nitrogens with zero attached hydrogens (tertiary/aromatic N) is 3. The second-order valence-corrected chi connectivity index (χ2v) is 5.78. The van der Waals surface area contributed by atoms with Crippen LogP contribution in [0.15, 0.2) is 0 Å². The molecular weight excluding hydrogens is 242 g/mol. The monoisotopic (exact) mass is 265 g/mol. The fourth-order valence-electron chi connectivity index (χ4n) is 3.05. The van der Waals surface area contributed by atoms with Crippen LogP contribution < -0.4 is 0 Å². The van der Waals surface area contributed by atoms with Crippen LogP contribution in [0, 0.1) is 16.7 Å². The number of piperidine rings is 1. The Morgan fingerprint density at radius 2 is 2.16 bits per heavy atom. The minimum atomic E-state index is -0.858. The first-order valence-corrected chi connectivity index (χ1v) is 7.04. The summed E-state index contributed by atoms with van der Waals surface area (Å²) in [5.41, 5.74) is -0.858. The van der Waals surface area contributed by atoms with E-state index in [1.807, 2.05) is 11.9 Å². The van der Waals surface area contributed by atoms with Crippen LogP contribution in [-0.2, 0) is 9.53 Å². The molecule has 0 spiro atoms. The van der Waals surface area contributed by atoms with Crippen molar-refractivity contribution in [2.45, 2.75) is 31.7 Å². The van der Waals surface area contributed by atoms with Crippen LogP contribution in [0.1, 0.15) is 25.7 Å². The molecule has 2 fully saturated rings. The van der Waals surface area contributed by atoms with E-state index in [0.717, 1.165) is 25.9 Å². The van der Waals surface area contributed by atoms with Crippen molar-refractivity contribution in [3.05, 3.63) is 0 Å². The van der Waals surface area contributed by atoms with Gasteiger partial charge in [0, 0.05) is 32.8 Å². The van der Waals surface area contributed by atoms with Gasteiger partial charge in [0.05, 0.1) is 6.07 Å². The molecule has 0 aromatic rings. The Hall–Kier alpha value is -1.12. The molecule has 2 saturated heterocycles. The number of likely N-dealkylation sites (N-methyl/N-ethyl adjacent to an activating group) is 2. The van der Waals surface area contributed by atoms with Crippen molar-refractivity contribution >= 4 is 5.91 Å². The van der Waals surface area contributed by atoms with Gasteiger partial charge < -0.3 is 14.5 Å². The summed E-state index contributed by atoms with van der Waals surface area (Å²) in [4.78, 5) is 16.7. The molecule has 0 aromatic carbocycles. The quantitative estimate of drug-likeness (QED) is 0.743. The van der Waals surface area contributed by atoms with E-state index in [4.69, 9.17) is 4.74 Å². The maximum Gasteiger partial charge on any atom is 0.243 e. The Labute approximate surface area is 115 Å². The van der Waals surface area contributed by atoms with Crippen molar-refractivity contribution in [1.82, 2.24) is 9.80 Å². The summed E-state index contributed by atoms with van der Waals surface area (Å²) in [6, 6.07) is 2.50. The number of hydrogen-bond acceptors (Lipinski definition) is 4. The van der Waals surface area contributed by atoms with Crippen molar-refractivity contribution in [2.75, 3.05) is 40.4 Å². The molecular formula is C14H23N3O2. The number of carbonyl (C=O) groups excluding carboxylic acids is 1. The molecule has 19 heavy (non-hydrogen) atoms. The van der Waals surface area contributed by atoms with Gasteiger partial charge in [-0.05, 0) is 39.3 Å². The molecule has 1 unspecified atom stereocenters. The van der Waals surface area contributed by atoms with Gasteiger partial charge in [-0.2, -0.15) is 5.26 Å². The van der Waals surface area contributed by atoms with Crippen molar-refractivity contribution in [3.8, 4) is 6.07 Å². The molecule has 106 valence electrons. The number of amides is 1. The molecule has 0 saturated carbocycles. The van der Waals surface area contributed by atoms with Crippen molar-refractivity contribution in [1.29, 1.82) is 5.26 Å². The van der Waals surface area contributed by atoms with Gasteiger partial charge in [0.2, 0.25) is 5.91 Å². The second-order valence-electron chi connectivity index (χ2n) is 5.78. The van der Waals surface area contributed by atoms with Gasteiger partial charge in [-0.25, -0.2) is 0 Å². The van der Waals surface area contributed by atoms with Crippen LogP contribution in [0.5, 0.6) is 0 Å². The van der Waals surface area contributed by atoms with E-state index in [1.54, 1.807) is 0 Å². The van der Waals surface area contributed by atoms with Gasteiger partial charge in [-0.3, -0.25) is 4.79 Å². The lowest BCUT2D eigenvalue weighted by atomic mass is 9.80. The lowest BCUT2D eigenvalue weighted by molar-refractivity contribution is -0.145. The minimum Gasteiger partial charge on any atom is -0.381 e. The summed E-state index contributed by atoms with van der Waals surface area (Å²) < 4.78 is 5.29. The predicted octanol–water partition coefficient (Wildman–Crippen LogP) is 0.859. The van der Waals surface area contributed by atoms with Crippen LogP contribution in [0.3, 0.4) is 0 Å². The molecule has 2 aliphatic rings. The fourth-order valence-corrected chi connectivity index (χ4v) is 3.05. The minimum absolute atomic E-state index is 0.0152. The maximum absolute atomic E-state index is 12.7. The molecule has 2 aliphatic heterocycles. The molecule has 5 heteroatoms. The highest BCUT2D eigenvalue weighted by molar-refractivity contribution is 5.85. The SMILES string of the molecule is CN1CCCC(N(C)C(=O)C2(C#N)CCOCC2)C1. The zero-order chi connectivity index (χ0) is 13.9. The zero-order valence-corrected chi connectivity index (χ0v) is 11.9. The average Bonchev–Trinajstić information content (AvgIpc) is 2.46. The number of nitriles is 1. The Balaban J connectivity index is 2.07. The van der Waals surface area contributed by atoms with E-state index in [2.05, 4.69) is 18.0 Å². The Morgan fingerprint density at radius 3 is 2.74 bits per heavy atom. The molecule has 0 radical (unpaired) electrons. The van der Waals surface area contributed by atoms with E-state index >= 15 is 0 Å². The molecule has 0 aromatic heterocycles. The van der Waals surface area contributed by atoms with Crippen molar-refractivity contribution < 1.29 is 9.53 Å². The van der Waals surface area contributed by atoms with Crippen molar-refractivity contribution in [3.63, 3.8) is 0 Å². The van der Waals surface area contributed by atoms with Crippen LogP contribution in [0.25, 0.3) is 0 Å². The van der Waals surface area contributed by atoms with E-state index in [9.17, 15) is 10.1 Å². The van der Waals surface area contributed by atoms with E-state index in [-0.39, 0.29) is 11.9 Å². The number of carbonyl (C=O) groups is 1. The molecule has 2 rings (SSSR count). The fraction of sp³-hybridized carbons (Fsp3) is 0.857. The van der Waals surface area contributed by atoms with Gasteiger partial charge in [0.1, 0.15) is 5.41 Å². The lowest BCUT2D eigenvalue weighted by Crippen LogP contribution is -2.52. The summed E-state index contributed by atoms with van der Waals surface area (Å²) in [5.74, 6) is -0.0152. The molecule has 1 atom stereocenters. The Morgan fingerprint density at radius 1 is 1.47 bits per heavy atom. The van der Waals surface area contributed by atoms with Crippen LogP contribution in [-0.4, -0.2) is 62.1 Å². The average molecular weight is 265 g/mol. The molecule has 1 amide bonds. The standard InChI is InChI=1S/C14H23N3O2/c1-16-7-3-4-12(10-16)17(2)13(18)14(11-15)5-8-19-9-6-14/h12H,3-10H2,1-2H3. The highest BCUT2D eigenvalue weighted by Gasteiger charge is 2.43. The summed E-state index contributed by atoms with van der Waals surface area (Å²) in [7, 11) is 3.93. The Kier molecular flexibility index (Phi) is 4.43. The number of ether oxygens (including phenoxy) is 1. The first-order valence-electron chi connectivity index (χ1n) is 7.04. The summed E-state index contributed by atoms with van der Waals surface area (Å²) in [6.45, 7) is 3.02. The second kappa shape index (κ2) is 5.89. The molecule has 0 aliphatic carbocycles. The molecule has 0 N–H and O–H groups in total. The normalized spacial score (nSPS) is 27.5. The lowest BCUT2D eigenvalue weighted by Gasteiger charge is -2.40. The third-order valence-corrected chi connectivity index (χ3v) is 4.44. The Bertz CT molecular complexity index is 371. The molecule has 5 nitrogen and oxygen atoms in total. The van der Waals surface area contributed by atoms with Gasteiger partial charge in [-0.1, -0.05) is 0 Å². The van der Waals surface area contributed by atoms with E-state index < -0.39 is 5.41 Å². The van der Waals surface area contributed by atoms with Gasteiger partial charge in [-0.15, -0.1) is 0 Å². The highest BCUT2D eigenvalue weighted by Crippen LogP contribution is 2.33. The zero-order valence-electron chi connectivity index (χ0n) is 11.9. The first kappa shape index (κ1) is 14.3. The van der Waals surface area contributed by atoms with Gasteiger partial charge in [0.15, 0.2) is 0 Å². The van der Waals surface area contributed by atoms with Gasteiger partial charge in [0.25, 0.3) is 0 Å². The summed E-state index contributed by atoms with van der Waals surface area (Å²) in [6.07, 6.45) is 3.19.